The largest absolute Gasteiger partial charge is 0.496 e. The highest BCUT2D eigenvalue weighted by Gasteiger charge is 2.44. The first-order chi connectivity index (χ1) is 12.6. The maximum atomic E-state index is 11.6. The van der Waals surface area contributed by atoms with E-state index in [2.05, 4.69) is 29.2 Å². The fourth-order valence-electron chi connectivity index (χ4n) is 4.12. The molecule has 4 rings (SSSR count). The van der Waals surface area contributed by atoms with Gasteiger partial charge in [-0.2, -0.15) is 0 Å². The van der Waals surface area contributed by atoms with Gasteiger partial charge in [0.25, 0.3) is 0 Å². The van der Waals surface area contributed by atoms with Crippen LogP contribution in [0.2, 0.25) is 0 Å². The van der Waals surface area contributed by atoms with E-state index in [1.54, 1.807) is 12.1 Å². The van der Waals surface area contributed by atoms with Crippen LogP contribution in [-0.2, 0) is 12.0 Å². The highest BCUT2D eigenvalue weighted by atomic mass is 16.5. The number of aromatic carboxylic acids is 1. The molecule has 0 aromatic heterocycles. The Morgan fingerprint density at radius 3 is 2.62 bits per heavy atom. The van der Waals surface area contributed by atoms with Crippen molar-refractivity contribution in [2.75, 3.05) is 26.8 Å². The van der Waals surface area contributed by atoms with Crippen LogP contribution in [-0.4, -0.2) is 42.8 Å². The van der Waals surface area contributed by atoms with Gasteiger partial charge in [-0.25, -0.2) is 4.79 Å². The molecule has 0 radical (unpaired) electrons. The van der Waals surface area contributed by atoms with E-state index in [1.807, 2.05) is 6.07 Å². The molecule has 0 atom stereocenters. The van der Waals surface area contributed by atoms with Gasteiger partial charge in [-0.3, -0.25) is 4.90 Å². The smallest absolute Gasteiger partial charge is 0.339 e. The maximum absolute atomic E-state index is 11.6. The van der Waals surface area contributed by atoms with E-state index in [-0.39, 0.29) is 11.0 Å². The molecule has 2 aromatic carbocycles. The molecule has 2 heterocycles. The third-order valence-electron chi connectivity index (χ3n) is 5.67. The Morgan fingerprint density at radius 2 is 1.96 bits per heavy atom. The topological polar surface area (TPSA) is 59.0 Å². The Hall–Kier alpha value is -2.53. The third-order valence-corrected chi connectivity index (χ3v) is 5.67. The molecule has 0 unspecified atom stereocenters. The molecule has 2 aromatic rings. The first kappa shape index (κ1) is 16.9. The van der Waals surface area contributed by atoms with Crippen LogP contribution in [0.3, 0.4) is 0 Å². The van der Waals surface area contributed by atoms with Crippen LogP contribution < -0.4 is 9.47 Å². The summed E-state index contributed by atoms with van der Waals surface area (Å²) >= 11 is 0. The lowest BCUT2D eigenvalue weighted by Gasteiger charge is -2.38. The van der Waals surface area contributed by atoms with E-state index < -0.39 is 5.97 Å². The lowest BCUT2D eigenvalue weighted by Crippen LogP contribution is -2.43. The van der Waals surface area contributed by atoms with Crippen LogP contribution in [0.4, 0.5) is 0 Å². The summed E-state index contributed by atoms with van der Waals surface area (Å²) in [5.41, 5.74) is 2.47. The molecule has 1 spiro atoms. The number of hydrogen-bond donors (Lipinski definition) is 1. The fraction of sp³-hybridized carbons (Fsp3) is 0.381. The Bertz CT molecular complexity index is 810. The monoisotopic (exact) mass is 353 g/mol. The van der Waals surface area contributed by atoms with Crippen LogP contribution in [0.1, 0.15) is 34.3 Å². The summed E-state index contributed by atoms with van der Waals surface area (Å²) < 4.78 is 11.2. The van der Waals surface area contributed by atoms with E-state index in [1.165, 1.54) is 12.7 Å². The number of benzene rings is 2. The Kier molecular flexibility index (Phi) is 4.32. The molecule has 0 bridgehead atoms. The number of nitrogens with zero attached hydrogens (tertiary/aromatic N) is 1. The van der Waals surface area contributed by atoms with Gasteiger partial charge in [0.2, 0.25) is 0 Å². The van der Waals surface area contributed by atoms with Gasteiger partial charge in [0.1, 0.15) is 17.1 Å². The van der Waals surface area contributed by atoms with Crippen molar-refractivity contribution in [2.45, 2.75) is 24.8 Å². The Balaban J connectivity index is 1.54. The molecule has 5 heteroatoms. The quantitative estimate of drug-likeness (QED) is 0.914. The first-order valence-corrected chi connectivity index (χ1v) is 8.96. The molecule has 1 fully saturated rings. The Labute approximate surface area is 153 Å². The summed E-state index contributed by atoms with van der Waals surface area (Å²) in [6, 6.07) is 14.0. The van der Waals surface area contributed by atoms with Gasteiger partial charge in [-0.1, -0.05) is 30.3 Å². The molecule has 5 nitrogen and oxygen atoms in total. The predicted molar refractivity (Wildman–Crippen MR) is 98.1 cm³/mol. The normalized spacial score (nSPS) is 18.3. The maximum Gasteiger partial charge on any atom is 0.339 e. The molecule has 1 N–H and O–H groups in total. The minimum Gasteiger partial charge on any atom is -0.496 e. The number of piperidine rings is 1. The highest BCUT2D eigenvalue weighted by molar-refractivity contribution is 5.91. The molecule has 26 heavy (non-hydrogen) atoms. The van der Waals surface area contributed by atoms with Gasteiger partial charge in [-0.05, 0) is 37.6 Å². The van der Waals surface area contributed by atoms with Crippen molar-refractivity contribution >= 4 is 5.97 Å². The van der Waals surface area contributed by atoms with Gasteiger partial charge in [0, 0.05) is 23.6 Å². The van der Waals surface area contributed by atoms with Gasteiger partial charge in [-0.15, -0.1) is 0 Å². The van der Waals surface area contributed by atoms with Crippen molar-refractivity contribution in [1.29, 1.82) is 0 Å². The molecule has 0 amide bonds. The molecule has 1 saturated heterocycles. The number of carboxylic acid groups (broad SMARTS) is 1. The summed E-state index contributed by atoms with van der Waals surface area (Å²) in [5, 5.41) is 9.49. The van der Waals surface area contributed by atoms with Gasteiger partial charge in [0.15, 0.2) is 0 Å². The molecular formula is C21H23NO4. The number of methoxy groups -OCH3 is 1. The lowest BCUT2D eigenvalue weighted by molar-refractivity contribution is 0.0693. The van der Waals surface area contributed by atoms with Crippen LogP contribution in [0.25, 0.3) is 0 Å². The molecule has 0 saturated carbocycles. The average molecular weight is 353 g/mol. The Morgan fingerprint density at radius 1 is 1.23 bits per heavy atom. The fourth-order valence-corrected chi connectivity index (χ4v) is 4.12. The second kappa shape index (κ2) is 6.65. The second-order valence-electron chi connectivity index (χ2n) is 7.18. The minimum atomic E-state index is -0.965. The average Bonchev–Trinajstić information content (AvgIpc) is 3.01. The predicted octanol–water partition coefficient (Wildman–Crippen LogP) is 3.32. The third kappa shape index (κ3) is 2.92. The highest BCUT2D eigenvalue weighted by Crippen LogP contribution is 2.47. The van der Waals surface area contributed by atoms with E-state index in [0.29, 0.717) is 12.4 Å². The molecule has 2 aliphatic heterocycles. The first-order valence-electron chi connectivity index (χ1n) is 8.96. The van der Waals surface area contributed by atoms with E-state index >= 15 is 0 Å². The minimum absolute atomic E-state index is 0.0843. The molecule has 2 aliphatic rings. The number of fused-ring (bicyclic) bond motifs is 2. The molecular weight excluding hydrogens is 330 g/mol. The van der Waals surface area contributed by atoms with Crippen LogP contribution in [0.5, 0.6) is 11.5 Å². The number of hydrogen-bond acceptors (Lipinski definition) is 4. The van der Waals surface area contributed by atoms with Gasteiger partial charge >= 0.3 is 5.97 Å². The van der Waals surface area contributed by atoms with Crippen LogP contribution in [0.15, 0.2) is 42.5 Å². The van der Waals surface area contributed by atoms with Gasteiger partial charge in [0.05, 0.1) is 13.7 Å². The van der Waals surface area contributed by atoms with Crippen molar-refractivity contribution in [3.05, 3.63) is 59.2 Å². The SMILES string of the molecule is COc1cc2c(cc1C(=O)O)C1(CCN(Cc3ccccc3)CC1)CO2. The zero-order chi connectivity index (χ0) is 18.1. The van der Waals surface area contributed by atoms with E-state index in [9.17, 15) is 9.90 Å². The van der Waals surface area contributed by atoms with E-state index in [4.69, 9.17) is 9.47 Å². The number of carbonyl (C=O) groups is 1. The lowest BCUT2D eigenvalue weighted by atomic mass is 9.74. The summed E-state index contributed by atoms with van der Waals surface area (Å²) in [7, 11) is 1.49. The van der Waals surface area contributed by atoms with Crippen molar-refractivity contribution in [3.63, 3.8) is 0 Å². The number of ether oxygens (including phenoxy) is 2. The number of likely N-dealkylation sites (tertiary alicyclic amines) is 1. The van der Waals surface area contributed by atoms with Crippen molar-refractivity contribution in [1.82, 2.24) is 4.90 Å². The van der Waals surface area contributed by atoms with E-state index in [0.717, 1.165) is 43.8 Å². The van der Waals surface area contributed by atoms with Gasteiger partial charge < -0.3 is 14.6 Å². The van der Waals surface area contributed by atoms with Crippen molar-refractivity contribution < 1.29 is 19.4 Å². The zero-order valence-corrected chi connectivity index (χ0v) is 14.9. The molecule has 136 valence electrons. The van der Waals surface area contributed by atoms with Crippen LogP contribution >= 0.6 is 0 Å². The van der Waals surface area contributed by atoms with Crippen molar-refractivity contribution in [3.8, 4) is 11.5 Å². The summed E-state index contributed by atoms with van der Waals surface area (Å²) in [6.45, 7) is 3.53. The van der Waals surface area contributed by atoms with Crippen LogP contribution in [0, 0.1) is 0 Å². The molecule has 0 aliphatic carbocycles. The zero-order valence-electron chi connectivity index (χ0n) is 14.9. The van der Waals surface area contributed by atoms with Crippen molar-refractivity contribution in [2.24, 2.45) is 0 Å². The number of carboxylic acids is 1. The standard InChI is InChI=1S/C21H23NO4/c1-25-18-12-19-17(11-16(18)20(23)24)21(14-26-19)7-9-22(10-8-21)13-15-5-3-2-4-6-15/h2-6,11-12H,7-10,13-14H2,1H3,(H,23,24). The number of rotatable bonds is 4. The summed E-state index contributed by atoms with van der Waals surface area (Å²) in [4.78, 5) is 14.0. The summed E-state index contributed by atoms with van der Waals surface area (Å²) in [5.74, 6) is 0.159. The summed E-state index contributed by atoms with van der Waals surface area (Å²) in [6.07, 6.45) is 1.94. The second-order valence-corrected chi connectivity index (χ2v) is 7.18.